The molecule has 0 saturated carbocycles. The molecule has 0 aliphatic heterocycles. The first-order chi connectivity index (χ1) is 30.8. The van der Waals surface area contributed by atoms with Gasteiger partial charge in [-0.05, 0) is 144 Å². The monoisotopic (exact) mass is 795 g/mol. The third kappa shape index (κ3) is 5.73. The van der Waals surface area contributed by atoms with Crippen LogP contribution in [0.2, 0.25) is 0 Å². The highest BCUT2D eigenvalue weighted by Crippen LogP contribution is 2.59. The SMILES string of the molecule is c1ccc(N(c2ccccc2)c2ccc3c4c(-c5cccc6c5[C@@]5(CC6)CCc6cccc(N(c7ccccc7)c7ccccc7)c65)cccc4n(-c4ccccc4)c3c2)cc1. The summed E-state index contributed by atoms with van der Waals surface area (Å²) >= 11 is 0. The van der Waals surface area contributed by atoms with E-state index < -0.39 is 0 Å². The van der Waals surface area contributed by atoms with E-state index in [0.29, 0.717) is 0 Å². The number of rotatable bonds is 8. The van der Waals surface area contributed by atoms with E-state index in [2.05, 4.69) is 239 Å². The molecule has 9 aromatic carbocycles. The summed E-state index contributed by atoms with van der Waals surface area (Å²) in [7, 11) is 0. The predicted octanol–water partition coefficient (Wildman–Crippen LogP) is 15.6. The molecule has 2 aliphatic rings. The fraction of sp³-hybridized carbons (Fsp3) is 0.0847. The molecule has 3 nitrogen and oxygen atoms in total. The Morgan fingerprint density at radius 3 is 1.47 bits per heavy atom. The first-order valence-corrected chi connectivity index (χ1v) is 22.0. The zero-order chi connectivity index (χ0) is 41.0. The van der Waals surface area contributed by atoms with E-state index in [0.717, 1.165) is 48.4 Å². The van der Waals surface area contributed by atoms with Crippen LogP contribution < -0.4 is 9.80 Å². The van der Waals surface area contributed by atoms with E-state index in [1.54, 1.807) is 0 Å². The quantitative estimate of drug-likeness (QED) is 0.152. The van der Waals surface area contributed by atoms with Crippen LogP contribution in [0.25, 0.3) is 38.6 Å². The van der Waals surface area contributed by atoms with Crippen molar-refractivity contribution in [3.63, 3.8) is 0 Å². The Balaban J connectivity index is 1.09. The molecule has 10 aromatic rings. The highest BCUT2D eigenvalue weighted by Gasteiger charge is 2.48. The third-order valence-corrected chi connectivity index (χ3v) is 13.5. The summed E-state index contributed by atoms with van der Waals surface area (Å²) in [6, 6.07) is 82.4. The molecule has 1 atom stereocenters. The second-order valence-electron chi connectivity index (χ2n) is 16.8. The lowest BCUT2D eigenvalue weighted by Gasteiger charge is -2.35. The normalized spacial score (nSPS) is 15.2. The summed E-state index contributed by atoms with van der Waals surface area (Å²) in [4.78, 5) is 4.86. The van der Waals surface area contributed by atoms with Crippen LogP contribution in [0.1, 0.15) is 35.1 Å². The summed E-state index contributed by atoms with van der Waals surface area (Å²) in [6.45, 7) is 0. The van der Waals surface area contributed by atoms with Crippen molar-refractivity contribution in [2.45, 2.75) is 31.1 Å². The molecular formula is C59H45N3. The molecule has 296 valence electrons. The van der Waals surface area contributed by atoms with Gasteiger partial charge in [-0.25, -0.2) is 0 Å². The van der Waals surface area contributed by atoms with Gasteiger partial charge in [-0.3, -0.25) is 0 Å². The van der Waals surface area contributed by atoms with Crippen LogP contribution >= 0.6 is 0 Å². The number of fused-ring (bicyclic) bond motifs is 7. The van der Waals surface area contributed by atoms with Crippen LogP contribution in [0, 0.1) is 0 Å². The average Bonchev–Trinajstić information content (AvgIpc) is 4.03. The van der Waals surface area contributed by atoms with Gasteiger partial charge >= 0.3 is 0 Å². The van der Waals surface area contributed by atoms with E-state index in [4.69, 9.17) is 0 Å². The van der Waals surface area contributed by atoms with Gasteiger partial charge < -0.3 is 14.4 Å². The third-order valence-electron chi connectivity index (χ3n) is 13.5. The smallest absolute Gasteiger partial charge is 0.0562 e. The highest BCUT2D eigenvalue weighted by atomic mass is 15.2. The molecule has 0 amide bonds. The summed E-state index contributed by atoms with van der Waals surface area (Å²) in [5, 5.41) is 2.54. The molecular weight excluding hydrogens is 751 g/mol. The van der Waals surface area contributed by atoms with Crippen LogP contribution in [0.4, 0.5) is 34.1 Å². The molecule has 0 N–H and O–H groups in total. The number of para-hydroxylation sites is 5. The van der Waals surface area contributed by atoms with Gasteiger partial charge in [-0.2, -0.15) is 0 Å². The van der Waals surface area contributed by atoms with Gasteiger partial charge in [0.15, 0.2) is 0 Å². The van der Waals surface area contributed by atoms with Crippen molar-refractivity contribution >= 4 is 55.9 Å². The molecule has 0 bridgehead atoms. The molecule has 1 heterocycles. The molecule has 12 rings (SSSR count). The van der Waals surface area contributed by atoms with E-state index in [1.807, 2.05) is 0 Å². The number of aryl methyl sites for hydroxylation is 2. The number of hydrogen-bond acceptors (Lipinski definition) is 2. The van der Waals surface area contributed by atoms with Crippen LogP contribution in [0.15, 0.2) is 224 Å². The second kappa shape index (κ2) is 14.8. The van der Waals surface area contributed by atoms with Gasteiger partial charge in [0, 0.05) is 50.3 Å². The number of hydrogen-bond donors (Lipinski definition) is 0. The van der Waals surface area contributed by atoms with E-state index in [9.17, 15) is 0 Å². The van der Waals surface area contributed by atoms with Gasteiger partial charge in [0.25, 0.3) is 0 Å². The van der Waals surface area contributed by atoms with Crippen molar-refractivity contribution in [1.29, 1.82) is 0 Å². The molecule has 1 spiro atoms. The summed E-state index contributed by atoms with van der Waals surface area (Å²) in [6.07, 6.45) is 4.32. The Labute approximate surface area is 363 Å². The van der Waals surface area contributed by atoms with Crippen molar-refractivity contribution in [3.05, 3.63) is 247 Å². The number of anilines is 6. The Bertz CT molecular complexity index is 3150. The van der Waals surface area contributed by atoms with Gasteiger partial charge in [0.2, 0.25) is 0 Å². The zero-order valence-corrected chi connectivity index (χ0v) is 34.5. The van der Waals surface area contributed by atoms with Crippen LogP contribution in [0.5, 0.6) is 0 Å². The Morgan fingerprint density at radius 1 is 0.371 bits per heavy atom. The van der Waals surface area contributed by atoms with Crippen molar-refractivity contribution < 1.29 is 0 Å². The fourth-order valence-electron chi connectivity index (χ4n) is 11.0. The molecule has 0 fully saturated rings. The summed E-state index contributed by atoms with van der Waals surface area (Å²) in [5.74, 6) is 0. The molecule has 0 saturated heterocycles. The summed E-state index contributed by atoms with van der Waals surface area (Å²) < 4.78 is 2.48. The molecule has 0 unspecified atom stereocenters. The second-order valence-corrected chi connectivity index (χ2v) is 16.8. The lowest BCUT2D eigenvalue weighted by Crippen LogP contribution is -2.25. The van der Waals surface area contributed by atoms with E-state index in [1.165, 1.54) is 72.2 Å². The first kappa shape index (κ1) is 36.2. The number of aromatic nitrogens is 1. The Kier molecular flexibility index (Phi) is 8.67. The molecule has 0 radical (unpaired) electrons. The highest BCUT2D eigenvalue weighted by molar-refractivity contribution is 6.17. The average molecular weight is 796 g/mol. The van der Waals surface area contributed by atoms with E-state index in [-0.39, 0.29) is 5.41 Å². The first-order valence-electron chi connectivity index (χ1n) is 22.0. The molecule has 1 aromatic heterocycles. The number of nitrogens with zero attached hydrogens (tertiary/aromatic N) is 3. The lowest BCUT2D eigenvalue weighted by molar-refractivity contribution is 0.509. The summed E-state index contributed by atoms with van der Waals surface area (Å²) in [5.41, 5.74) is 19.0. The maximum absolute atomic E-state index is 2.49. The van der Waals surface area contributed by atoms with Crippen LogP contribution in [-0.4, -0.2) is 4.57 Å². The predicted molar refractivity (Wildman–Crippen MR) is 259 cm³/mol. The van der Waals surface area contributed by atoms with Crippen molar-refractivity contribution in [2.75, 3.05) is 9.80 Å². The zero-order valence-electron chi connectivity index (χ0n) is 34.5. The van der Waals surface area contributed by atoms with Gasteiger partial charge in [0.1, 0.15) is 0 Å². The minimum Gasteiger partial charge on any atom is -0.310 e. The van der Waals surface area contributed by atoms with Crippen molar-refractivity contribution in [1.82, 2.24) is 4.57 Å². The van der Waals surface area contributed by atoms with Gasteiger partial charge in [-0.15, -0.1) is 0 Å². The maximum Gasteiger partial charge on any atom is 0.0562 e. The topological polar surface area (TPSA) is 11.4 Å². The van der Waals surface area contributed by atoms with Crippen LogP contribution in [0.3, 0.4) is 0 Å². The van der Waals surface area contributed by atoms with Crippen molar-refractivity contribution in [3.8, 4) is 16.8 Å². The minimum atomic E-state index is -0.126. The Hall–Kier alpha value is -7.62. The standard InChI is InChI=1S/C59H45N3/c1-6-21-44(22-7-1)60(45-23-8-2-9-24-45)49-35-36-52-55(41-49)62(48-29-14-5-15-30-48)53-33-18-31-50(56(52)53)51-32-16-19-42-37-39-59(57(42)51)40-38-43-20-17-34-54(58(43)59)61(46-25-10-3-11-26-46)47-27-12-4-13-28-47/h1-36,41H,37-40H2/t59-/m1/s1. The van der Waals surface area contributed by atoms with Crippen LogP contribution in [-0.2, 0) is 18.3 Å². The molecule has 62 heavy (non-hydrogen) atoms. The van der Waals surface area contributed by atoms with Gasteiger partial charge in [-0.1, -0.05) is 140 Å². The van der Waals surface area contributed by atoms with E-state index >= 15 is 0 Å². The lowest BCUT2D eigenvalue weighted by atomic mass is 9.73. The van der Waals surface area contributed by atoms with Crippen molar-refractivity contribution in [2.24, 2.45) is 0 Å². The molecule has 3 heteroatoms. The fourth-order valence-corrected chi connectivity index (χ4v) is 11.0. The molecule has 2 aliphatic carbocycles. The Morgan fingerprint density at radius 2 is 0.871 bits per heavy atom. The largest absolute Gasteiger partial charge is 0.310 e. The minimum absolute atomic E-state index is 0.126. The number of benzene rings is 9. The van der Waals surface area contributed by atoms with Gasteiger partial charge in [0.05, 0.1) is 16.7 Å². The maximum atomic E-state index is 2.49.